The van der Waals surface area contributed by atoms with E-state index in [9.17, 15) is 4.79 Å². The van der Waals surface area contributed by atoms with Gasteiger partial charge in [-0.05, 0) is 50.3 Å². The van der Waals surface area contributed by atoms with Crippen LogP contribution in [0.4, 0.5) is 5.69 Å². The molecule has 0 saturated heterocycles. The van der Waals surface area contributed by atoms with E-state index in [0.717, 1.165) is 18.7 Å². The number of hydrogen-bond acceptors (Lipinski definition) is 2. The topological polar surface area (TPSA) is 49.3 Å². The van der Waals surface area contributed by atoms with E-state index in [2.05, 4.69) is 11.4 Å². The average molecular weight is 245 g/mol. The summed E-state index contributed by atoms with van der Waals surface area (Å²) in [7, 11) is 0. The number of carbonyl (C=O) groups is 1. The van der Waals surface area contributed by atoms with Crippen molar-refractivity contribution in [2.45, 2.75) is 32.1 Å². The predicted octanol–water partition coefficient (Wildman–Crippen LogP) is 3.69. The first-order valence-corrected chi connectivity index (χ1v) is 6.51. The van der Waals surface area contributed by atoms with Gasteiger partial charge in [0.25, 0.3) is 0 Å². The van der Waals surface area contributed by atoms with Gasteiger partial charge >= 0.3 is 5.97 Å². The Hall–Kier alpha value is -1.77. The second kappa shape index (κ2) is 6.24. The fourth-order valence-corrected chi connectivity index (χ4v) is 2.26. The molecule has 2 N–H and O–H groups in total. The van der Waals surface area contributed by atoms with Gasteiger partial charge in [0.1, 0.15) is 0 Å². The number of anilines is 1. The second-order valence-electron chi connectivity index (χ2n) is 4.67. The summed E-state index contributed by atoms with van der Waals surface area (Å²) in [6, 6.07) is 6.96. The largest absolute Gasteiger partial charge is 0.478 e. The smallest absolute Gasteiger partial charge is 0.335 e. The normalized spacial score (nSPS) is 15.0. The lowest BCUT2D eigenvalue weighted by Gasteiger charge is -2.13. The number of rotatable bonds is 5. The number of benzene rings is 1. The molecule has 0 atom stereocenters. The van der Waals surface area contributed by atoms with Crippen LogP contribution in [-0.2, 0) is 0 Å². The van der Waals surface area contributed by atoms with Crippen LogP contribution < -0.4 is 5.32 Å². The maximum Gasteiger partial charge on any atom is 0.335 e. The van der Waals surface area contributed by atoms with Crippen molar-refractivity contribution in [2.75, 3.05) is 11.9 Å². The van der Waals surface area contributed by atoms with Crippen molar-refractivity contribution in [3.05, 3.63) is 41.5 Å². The van der Waals surface area contributed by atoms with E-state index in [1.807, 2.05) is 6.07 Å². The van der Waals surface area contributed by atoms with Crippen molar-refractivity contribution < 1.29 is 9.90 Å². The van der Waals surface area contributed by atoms with Gasteiger partial charge in [-0.15, -0.1) is 0 Å². The minimum atomic E-state index is -0.881. The van der Waals surface area contributed by atoms with Crippen molar-refractivity contribution in [2.24, 2.45) is 0 Å². The van der Waals surface area contributed by atoms with Gasteiger partial charge in [-0.25, -0.2) is 4.79 Å². The number of nitrogens with one attached hydrogen (secondary N) is 1. The lowest BCUT2D eigenvalue weighted by Crippen LogP contribution is -2.05. The van der Waals surface area contributed by atoms with Crippen LogP contribution in [0.15, 0.2) is 35.9 Å². The van der Waals surface area contributed by atoms with Gasteiger partial charge in [-0.1, -0.05) is 17.7 Å². The molecule has 3 nitrogen and oxygen atoms in total. The highest BCUT2D eigenvalue weighted by molar-refractivity contribution is 5.88. The molecular formula is C15H19NO2. The second-order valence-corrected chi connectivity index (χ2v) is 4.67. The summed E-state index contributed by atoms with van der Waals surface area (Å²) in [4.78, 5) is 10.8. The number of aromatic carboxylic acids is 1. The van der Waals surface area contributed by atoms with Gasteiger partial charge in [0.2, 0.25) is 0 Å². The molecule has 0 aliphatic heterocycles. The van der Waals surface area contributed by atoms with Crippen LogP contribution in [0.3, 0.4) is 0 Å². The third-order valence-corrected chi connectivity index (χ3v) is 3.27. The molecule has 2 rings (SSSR count). The summed E-state index contributed by atoms with van der Waals surface area (Å²) in [5.74, 6) is -0.881. The molecule has 0 unspecified atom stereocenters. The Labute approximate surface area is 108 Å². The Morgan fingerprint density at radius 1 is 1.33 bits per heavy atom. The van der Waals surface area contributed by atoms with Crippen molar-refractivity contribution in [3.63, 3.8) is 0 Å². The number of carboxylic acids is 1. The number of carboxylic acid groups (broad SMARTS) is 1. The van der Waals surface area contributed by atoms with Crippen LogP contribution in [0.2, 0.25) is 0 Å². The molecule has 0 radical (unpaired) electrons. The van der Waals surface area contributed by atoms with E-state index in [0.29, 0.717) is 5.56 Å². The fourth-order valence-electron chi connectivity index (χ4n) is 2.26. The molecule has 96 valence electrons. The molecule has 1 aliphatic rings. The Kier molecular flexibility index (Phi) is 4.40. The quantitative estimate of drug-likeness (QED) is 0.778. The van der Waals surface area contributed by atoms with Crippen LogP contribution in [0, 0.1) is 0 Å². The summed E-state index contributed by atoms with van der Waals surface area (Å²) >= 11 is 0. The zero-order valence-corrected chi connectivity index (χ0v) is 10.5. The Morgan fingerprint density at radius 2 is 2.22 bits per heavy atom. The van der Waals surface area contributed by atoms with Gasteiger partial charge in [-0.2, -0.15) is 0 Å². The maximum absolute atomic E-state index is 10.8. The van der Waals surface area contributed by atoms with Crippen molar-refractivity contribution in [1.82, 2.24) is 0 Å². The van der Waals surface area contributed by atoms with Crippen LogP contribution in [0.5, 0.6) is 0 Å². The minimum absolute atomic E-state index is 0.330. The molecule has 0 fully saturated rings. The van der Waals surface area contributed by atoms with Crippen LogP contribution in [0.25, 0.3) is 0 Å². The molecule has 0 amide bonds. The number of allylic oxidation sites excluding steroid dienone is 1. The van der Waals surface area contributed by atoms with E-state index in [1.165, 1.54) is 31.3 Å². The molecular weight excluding hydrogens is 226 g/mol. The molecule has 0 spiro atoms. The molecule has 0 aromatic heterocycles. The molecule has 3 heteroatoms. The van der Waals surface area contributed by atoms with Crippen LogP contribution in [-0.4, -0.2) is 17.6 Å². The summed E-state index contributed by atoms with van der Waals surface area (Å²) in [5.41, 5.74) is 2.74. The average Bonchev–Trinajstić information content (AvgIpc) is 2.40. The van der Waals surface area contributed by atoms with E-state index in [4.69, 9.17) is 5.11 Å². The highest BCUT2D eigenvalue weighted by atomic mass is 16.4. The lowest BCUT2D eigenvalue weighted by molar-refractivity contribution is 0.0697. The minimum Gasteiger partial charge on any atom is -0.478 e. The van der Waals surface area contributed by atoms with E-state index >= 15 is 0 Å². The van der Waals surface area contributed by atoms with Crippen LogP contribution >= 0.6 is 0 Å². The Balaban J connectivity index is 1.84. The SMILES string of the molecule is O=C(O)c1cccc(NCCC2=CCCCC2)c1. The molecule has 1 aromatic rings. The Morgan fingerprint density at radius 3 is 2.94 bits per heavy atom. The third-order valence-electron chi connectivity index (χ3n) is 3.27. The summed E-state index contributed by atoms with van der Waals surface area (Å²) in [6.07, 6.45) is 8.45. The maximum atomic E-state index is 10.8. The molecule has 1 aromatic carbocycles. The lowest BCUT2D eigenvalue weighted by atomic mass is 9.97. The zero-order valence-electron chi connectivity index (χ0n) is 10.5. The standard InChI is InChI=1S/C15H19NO2/c17-15(18)13-7-4-8-14(11-13)16-10-9-12-5-2-1-3-6-12/h4-5,7-8,11,16H,1-3,6,9-10H2,(H,17,18). The van der Waals surface area contributed by atoms with Crippen molar-refractivity contribution >= 4 is 11.7 Å². The monoisotopic (exact) mass is 245 g/mol. The van der Waals surface area contributed by atoms with Gasteiger partial charge in [0.05, 0.1) is 5.56 Å². The number of hydrogen-bond donors (Lipinski definition) is 2. The van der Waals surface area contributed by atoms with E-state index in [1.54, 1.807) is 18.2 Å². The Bertz CT molecular complexity index is 452. The summed E-state index contributed by atoms with van der Waals surface area (Å²) < 4.78 is 0. The van der Waals surface area contributed by atoms with Crippen molar-refractivity contribution in [3.8, 4) is 0 Å². The third kappa shape index (κ3) is 3.62. The first-order valence-electron chi connectivity index (χ1n) is 6.51. The molecule has 0 bridgehead atoms. The molecule has 0 saturated carbocycles. The first kappa shape index (κ1) is 12.7. The molecule has 1 aliphatic carbocycles. The first-order chi connectivity index (χ1) is 8.75. The predicted molar refractivity (Wildman–Crippen MR) is 73.1 cm³/mol. The summed E-state index contributed by atoms with van der Waals surface area (Å²) in [5, 5.41) is 12.2. The fraction of sp³-hybridized carbons (Fsp3) is 0.400. The van der Waals surface area contributed by atoms with Crippen LogP contribution in [0.1, 0.15) is 42.5 Å². The summed E-state index contributed by atoms with van der Waals surface area (Å²) in [6.45, 7) is 0.870. The van der Waals surface area contributed by atoms with E-state index < -0.39 is 5.97 Å². The van der Waals surface area contributed by atoms with Gasteiger partial charge < -0.3 is 10.4 Å². The van der Waals surface area contributed by atoms with Crippen molar-refractivity contribution in [1.29, 1.82) is 0 Å². The molecule has 18 heavy (non-hydrogen) atoms. The highest BCUT2D eigenvalue weighted by Gasteiger charge is 2.04. The van der Waals surface area contributed by atoms with Gasteiger partial charge in [0.15, 0.2) is 0 Å². The zero-order chi connectivity index (χ0) is 12.8. The van der Waals surface area contributed by atoms with Gasteiger partial charge in [0, 0.05) is 12.2 Å². The molecule has 0 heterocycles. The highest BCUT2D eigenvalue weighted by Crippen LogP contribution is 2.20. The van der Waals surface area contributed by atoms with Gasteiger partial charge in [-0.3, -0.25) is 0 Å². The van der Waals surface area contributed by atoms with E-state index in [-0.39, 0.29) is 0 Å².